The highest BCUT2D eigenvalue weighted by Crippen LogP contribution is 2.67. The molecule has 5 aliphatic rings. The third-order valence-electron chi connectivity index (χ3n) is 7.82. The first kappa shape index (κ1) is 14.5. The molecule has 0 aromatic heterocycles. The molecular formula is C20H35N. The van der Waals surface area contributed by atoms with Crippen LogP contribution >= 0.6 is 0 Å². The normalized spacial score (nSPS) is 53.9. The highest BCUT2D eigenvalue weighted by Gasteiger charge is 2.59. The van der Waals surface area contributed by atoms with E-state index in [0.717, 1.165) is 29.7 Å². The lowest BCUT2D eigenvalue weighted by atomic mass is 9.42. The number of rotatable bonds is 3. The lowest BCUT2D eigenvalue weighted by Gasteiger charge is -2.64. The van der Waals surface area contributed by atoms with Gasteiger partial charge in [-0.2, -0.15) is 0 Å². The molecule has 0 spiro atoms. The maximum atomic E-state index is 3.87. The maximum Gasteiger partial charge on any atom is 0.0149 e. The van der Waals surface area contributed by atoms with Crippen LogP contribution < -0.4 is 5.32 Å². The fraction of sp³-hybridized carbons (Fsp3) is 1.00. The van der Waals surface area contributed by atoms with Crippen molar-refractivity contribution in [3.63, 3.8) is 0 Å². The van der Waals surface area contributed by atoms with Crippen LogP contribution in [-0.4, -0.2) is 13.1 Å². The van der Waals surface area contributed by atoms with Crippen molar-refractivity contribution < 1.29 is 0 Å². The first-order valence-electron chi connectivity index (χ1n) is 9.69. The van der Waals surface area contributed by atoms with Crippen LogP contribution in [0.5, 0.6) is 0 Å². The van der Waals surface area contributed by atoms with E-state index in [9.17, 15) is 0 Å². The molecular weight excluding hydrogens is 254 g/mol. The van der Waals surface area contributed by atoms with Crippen LogP contribution in [0.15, 0.2) is 0 Å². The van der Waals surface area contributed by atoms with Crippen LogP contribution in [0.4, 0.5) is 0 Å². The first-order valence-corrected chi connectivity index (χ1v) is 9.69. The van der Waals surface area contributed by atoms with Gasteiger partial charge in [0.2, 0.25) is 0 Å². The van der Waals surface area contributed by atoms with Crippen molar-refractivity contribution in [3.05, 3.63) is 0 Å². The minimum Gasteiger partial charge on any atom is -0.316 e. The average Bonchev–Trinajstić information content (AvgIpc) is 2.36. The Bertz CT molecular complexity index is 387. The Hall–Kier alpha value is -0.0400. The number of hydrogen-bond donors (Lipinski definition) is 1. The van der Waals surface area contributed by atoms with E-state index in [4.69, 9.17) is 0 Å². The predicted molar refractivity (Wildman–Crippen MR) is 89.2 cm³/mol. The first-order chi connectivity index (χ1) is 10.0. The Morgan fingerprint density at radius 2 is 1.71 bits per heavy atom. The molecule has 0 aliphatic heterocycles. The molecule has 1 nitrogen and oxygen atoms in total. The fourth-order valence-electron chi connectivity index (χ4n) is 7.99. The van der Waals surface area contributed by atoms with Crippen molar-refractivity contribution in [3.8, 4) is 0 Å². The third-order valence-corrected chi connectivity index (χ3v) is 7.82. The van der Waals surface area contributed by atoms with Gasteiger partial charge in [0.25, 0.3) is 0 Å². The van der Waals surface area contributed by atoms with Crippen molar-refractivity contribution in [1.82, 2.24) is 5.32 Å². The van der Waals surface area contributed by atoms with Gasteiger partial charge >= 0.3 is 0 Å². The molecule has 0 radical (unpaired) electrons. The van der Waals surface area contributed by atoms with Crippen molar-refractivity contribution in [2.75, 3.05) is 7.05 Å². The molecule has 5 unspecified atom stereocenters. The second-order valence-electron chi connectivity index (χ2n) is 9.93. The smallest absolute Gasteiger partial charge is 0.0149 e. The van der Waals surface area contributed by atoms with Crippen LogP contribution in [0.3, 0.4) is 0 Å². The van der Waals surface area contributed by atoms with Gasteiger partial charge < -0.3 is 5.32 Å². The summed E-state index contributed by atoms with van der Waals surface area (Å²) in [6.45, 7) is 5.11. The SMILES string of the molecule is CNC(C1CCCC(C)C1)C12CC3CC(CC(C)(C3)C1)C2. The fourth-order valence-corrected chi connectivity index (χ4v) is 7.99. The minimum absolute atomic E-state index is 0.662. The van der Waals surface area contributed by atoms with E-state index < -0.39 is 0 Å². The molecule has 0 heterocycles. The molecule has 1 N–H and O–H groups in total. The van der Waals surface area contributed by atoms with Gasteiger partial charge in [0.15, 0.2) is 0 Å². The van der Waals surface area contributed by atoms with Gasteiger partial charge in [0.1, 0.15) is 0 Å². The second-order valence-corrected chi connectivity index (χ2v) is 9.93. The summed E-state index contributed by atoms with van der Waals surface area (Å²) in [7, 11) is 2.27. The molecule has 120 valence electrons. The summed E-state index contributed by atoms with van der Waals surface area (Å²) in [5.74, 6) is 4.05. The lowest BCUT2D eigenvalue weighted by Crippen LogP contribution is -2.60. The Labute approximate surface area is 131 Å². The Morgan fingerprint density at radius 1 is 1.00 bits per heavy atom. The standard InChI is InChI=1S/C20H35N/c1-14-5-4-6-17(7-14)18(21-3)20-11-15-8-16(12-20)10-19(2,9-15)13-20/h14-18,21H,4-13H2,1-3H3. The van der Waals surface area contributed by atoms with E-state index in [-0.39, 0.29) is 0 Å². The molecule has 0 aromatic rings. The summed E-state index contributed by atoms with van der Waals surface area (Å²) < 4.78 is 0. The van der Waals surface area contributed by atoms with Crippen LogP contribution in [0.25, 0.3) is 0 Å². The van der Waals surface area contributed by atoms with Crippen molar-refractivity contribution in [2.45, 2.75) is 84.1 Å². The summed E-state index contributed by atoms with van der Waals surface area (Å²) >= 11 is 0. The van der Waals surface area contributed by atoms with Gasteiger partial charge in [-0.3, -0.25) is 0 Å². The van der Waals surface area contributed by atoms with Gasteiger partial charge in [-0.25, -0.2) is 0 Å². The average molecular weight is 290 g/mol. The molecule has 0 aromatic carbocycles. The zero-order valence-corrected chi connectivity index (χ0v) is 14.5. The van der Waals surface area contributed by atoms with E-state index >= 15 is 0 Å². The molecule has 5 fully saturated rings. The maximum absolute atomic E-state index is 3.87. The van der Waals surface area contributed by atoms with Gasteiger partial charge in [-0.15, -0.1) is 0 Å². The summed E-state index contributed by atoms with van der Waals surface area (Å²) in [5, 5.41) is 3.87. The zero-order chi connectivity index (χ0) is 14.7. The second kappa shape index (κ2) is 4.98. The lowest BCUT2D eigenvalue weighted by molar-refractivity contribution is -0.128. The predicted octanol–water partition coefficient (Wildman–Crippen LogP) is 5.01. The Kier molecular flexibility index (Phi) is 3.45. The summed E-state index contributed by atoms with van der Waals surface area (Å²) in [5.41, 5.74) is 1.36. The van der Waals surface area contributed by atoms with Crippen molar-refractivity contribution in [1.29, 1.82) is 0 Å². The molecule has 5 rings (SSSR count). The van der Waals surface area contributed by atoms with Gasteiger partial charge in [-0.05, 0) is 92.9 Å². The molecule has 5 atom stereocenters. The molecule has 4 bridgehead atoms. The highest BCUT2D eigenvalue weighted by molar-refractivity contribution is 5.11. The van der Waals surface area contributed by atoms with E-state index in [2.05, 4.69) is 26.2 Å². The molecule has 5 saturated carbocycles. The summed E-state index contributed by atoms with van der Waals surface area (Å²) in [4.78, 5) is 0. The monoisotopic (exact) mass is 289 g/mol. The van der Waals surface area contributed by atoms with Crippen LogP contribution in [0, 0.1) is 34.5 Å². The largest absolute Gasteiger partial charge is 0.316 e. The van der Waals surface area contributed by atoms with E-state index in [1.54, 1.807) is 32.1 Å². The van der Waals surface area contributed by atoms with E-state index in [0.29, 0.717) is 10.8 Å². The molecule has 0 saturated heterocycles. The third kappa shape index (κ3) is 2.38. The highest BCUT2D eigenvalue weighted by atomic mass is 14.9. The zero-order valence-electron chi connectivity index (χ0n) is 14.5. The quantitative estimate of drug-likeness (QED) is 0.770. The number of nitrogens with one attached hydrogen (secondary N) is 1. The topological polar surface area (TPSA) is 12.0 Å². The Morgan fingerprint density at radius 3 is 2.29 bits per heavy atom. The molecule has 21 heavy (non-hydrogen) atoms. The van der Waals surface area contributed by atoms with Crippen LogP contribution in [0.1, 0.15) is 78.1 Å². The summed E-state index contributed by atoms with van der Waals surface area (Å²) in [6, 6.07) is 0.811. The van der Waals surface area contributed by atoms with Gasteiger partial charge in [-0.1, -0.05) is 26.7 Å². The van der Waals surface area contributed by atoms with Gasteiger partial charge in [0, 0.05) is 6.04 Å². The minimum atomic E-state index is 0.662. The molecule has 5 aliphatic carbocycles. The van der Waals surface area contributed by atoms with E-state index in [1.807, 2.05) is 0 Å². The van der Waals surface area contributed by atoms with Gasteiger partial charge in [0.05, 0.1) is 0 Å². The number of hydrogen-bond acceptors (Lipinski definition) is 1. The Balaban J connectivity index is 1.60. The van der Waals surface area contributed by atoms with Crippen molar-refractivity contribution >= 4 is 0 Å². The summed E-state index contributed by atoms with van der Waals surface area (Å²) in [6.07, 6.45) is 15.2. The van der Waals surface area contributed by atoms with Crippen LogP contribution in [-0.2, 0) is 0 Å². The van der Waals surface area contributed by atoms with E-state index in [1.165, 1.54) is 32.1 Å². The molecule has 0 amide bonds. The van der Waals surface area contributed by atoms with Crippen molar-refractivity contribution in [2.24, 2.45) is 34.5 Å². The van der Waals surface area contributed by atoms with Crippen LogP contribution in [0.2, 0.25) is 0 Å². The molecule has 1 heteroatoms.